The number of rotatable bonds is 7. The highest BCUT2D eigenvalue weighted by Crippen LogP contribution is 2.34. The predicted molar refractivity (Wildman–Crippen MR) is 130 cm³/mol. The Morgan fingerprint density at radius 3 is 2.50 bits per heavy atom. The van der Waals surface area contributed by atoms with E-state index in [1.165, 1.54) is 4.57 Å². The Morgan fingerprint density at radius 2 is 1.94 bits per heavy atom. The van der Waals surface area contributed by atoms with Crippen LogP contribution in [-0.4, -0.2) is 26.7 Å². The second kappa shape index (κ2) is 9.92. The Labute approximate surface area is 200 Å². The summed E-state index contributed by atoms with van der Waals surface area (Å²) in [6.45, 7) is 7.79. The fourth-order valence-corrected chi connectivity index (χ4v) is 4.53. The van der Waals surface area contributed by atoms with Crippen LogP contribution in [0.25, 0.3) is 0 Å². The smallest absolute Gasteiger partial charge is 0.358 e. The first-order chi connectivity index (χ1) is 15.1. The summed E-state index contributed by atoms with van der Waals surface area (Å²) in [6, 6.07) is 8.73. The second-order valence-electron chi connectivity index (χ2n) is 7.76. The Morgan fingerprint density at radius 1 is 1.28 bits per heavy atom. The first-order valence-corrected chi connectivity index (χ1v) is 11.4. The van der Waals surface area contributed by atoms with Crippen LogP contribution >= 0.6 is 27.5 Å². The zero-order valence-electron chi connectivity index (χ0n) is 18.6. The van der Waals surface area contributed by atoms with Gasteiger partial charge in [-0.1, -0.05) is 23.7 Å². The van der Waals surface area contributed by atoms with E-state index in [9.17, 15) is 9.59 Å². The number of hydrogen-bond donors (Lipinski definition) is 1. The molecule has 1 aromatic carbocycles. The highest BCUT2D eigenvalue weighted by atomic mass is 79.9. The molecule has 0 aliphatic rings. The predicted octanol–water partition coefficient (Wildman–Crippen LogP) is 5.27. The number of nitrogens with one attached hydrogen (secondary N) is 1. The normalized spacial score (nSPS) is 12.1. The van der Waals surface area contributed by atoms with Gasteiger partial charge < -0.3 is 19.2 Å². The van der Waals surface area contributed by atoms with Gasteiger partial charge in [-0.2, -0.15) is 0 Å². The summed E-state index contributed by atoms with van der Waals surface area (Å²) in [5.74, 6) is -0.500. The monoisotopic (exact) mass is 520 g/mol. The molecule has 0 fully saturated rings. The van der Waals surface area contributed by atoms with E-state index in [0.717, 1.165) is 11.3 Å². The molecule has 3 aromatic rings. The maximum Gasteiger partial charge on any atom is 0.358 e. The summed E-state index contributed by atoms with van der Waals surface area (Å²) in [5, 5.41) is 4.10. The number of imidazole rings is 1. The van der Waals surface area contributed by atoms with Gasteiger partial charge >= 0.3 is 5.97 Å². The van der Waals surface area contributed by atoms with Gasteiger partial charge in [-0.3, -0.25) is 4.79 Å². The highest BCUT2D eigenvalue weighted by Gasteiger charge is 2.31. The minimum atomic E-state index is -0.500. The molecule has 0 amide bonds. The number of benzene rings is 1. The molecule has 1 N–H and O–H groups in total. The molecule has 0 radical (unpaired) electrons. The van der Waals surface area contributed by atoms with Gasteiger partial charge in [0.05, 0.1) is 24.0 Å². The van der Waals surface area contributed by atoms with Crippen molar-refractivity contribution in [3.8, 4) is 0 Å². The summed E-state index contributed by atoms with van der Waals surface area (Å²) < 4.78 is 9.30. The number of carbonyl (C=O) groups is 1. The van der Waals surface area contributed by atoms with Gasteiger partial charge in [-0.25, -0.2) is 9.78 Å². The van der Waals surface area contributed by atoms with Gasteiger partial charge in [-0.05, 0) is 67.4 Å². The van der Waals surface area contributed by atoms with Crippen LogP contribution in [0.4, 0.5) is 5.69 Å². The Balaban J connectivity index is 2.25. The van der Waals surface area contributed by atoms with Crippen molar-refractivity contribution in [1.82, 2.24) is 14.1 Å². The fourth-order valence-electron chi connectivity index (χ4n) is 3.62. The number of anilines is 1. The molecule has 0 saturated carbocycles. The average molecular weight is 522 g/mol. The van der Waals surface area contributed by atoms with Crippen LogP contribution in [-0.2, 0) is 11.8 Å². The van der Waals surface area contributed by atoms with Gasteiger partial charge in [0.25, 0.3) is 5.56 Å². The molecule has 2 heterocycles. The first kappa shape index (κ1) is 24.1. The lowest BCUT2D eigenvalue weighted by Gasteiger charge is -2.25. The maximum absolute atomic E-state index is 12.8. The van der Waals surface area contributed by atoms with E-state index in [0.29, 0.717) is 21.0 Å². The van der Waals surface area contributed by atoms with Crippen molar-refractivity contribution in [1.29, 1.82) is 0 Å². The van der Waals surface area contributed by atoms with E-state index in [2.05, 4.69) is 26.2 Å². The molecule has 0 aliphatic carbocycles. The summed E-state index contributed by atoms with van der Waals surface area (Å²) in [6.07, 6.45) is 1.73. The zero-order valence-corrected chi connectivity index (χ0v) is 21.0. The highest BCUT2D eigenvalue weighted by molar-refractivity contribution is 9.10. The van der Waals surface area contributed by atoms with E-state index in [1.807, 2.05) is 30.5 Å². The Kier molecular flexibility index (Phi) is 7.46. The van der Waals surface area contributed by atoms with Crippen LogP contribution in [0.1, 0.15) is 60.2 Å². The van der Waals surface area contributed by atoms with Crippen LogP contribution in [0.15, 0.2) is 46.1 Å². The number of aryl methyl sites for hydroxylation is 2. The van der Waals surface area contributed by atoms with Gasteiger partial charge in [0.15, 0.2) is 10.4 Å². The molecule has 7 nitrogen and oxygen atoms in total. The maximum atomic E-state index is 12.8. The minimum absolute atomic E-state index is 0.00789. The number of halogens is 2. The third-order valence-corrected chi connectivity index (χ3v) is 5.85. The SMILES string of the molecule is CCOC(=O)c1nc(Br)n(C(C)C)c1C(Nc1cc(C)c(=O)n(C)c1)c1ccc(Cl)cc1. The molecule has 0 spiro atoms. The zero-order chi connectivity index (χ0) is 23.6. The van der Waals surface area contributed by atoms with Crippen molar-refractivity contribution < 1.29 is 9.53 Å². The summed E-state index contributed by atoms with van der Waals surface area (Å²) in [7, 11) is 1.71. The quantitative estimate of drug-likeness (QED) is 0.429. The summed E-state index contributed by atoms with van der Waals surface area (Å²) in [4.78, 5) is 29.5. The molecule has 0 aliphatic heterocycles. The second-order valence-corrected chi connectivity index (χ2v) is 8.90. The number of hydrogen-bond acceptors (Lipinski definition) is 5. The Hall–Kier alpha value is -2.58. The van der Waals surface area contributed by atoms with Crippen LogP contribution in [0.5, 0.6) is 0 Å². The number of aromatic nitrogens is 3. The first-order valence-electron chi connectivity index (χ1n) is 10.3. The molecular formula is C23H26BrClN4O3. The van der Waals surface area contributed by atoms with Gasteiger partial charge in [0, 0.05) is 29.9 Å². The van der Waals surface area contributed by atoms with E-state index < -0.39 is 12.0 Å². The van der Waals surface area contributed by atoms with Crippen LogP contribution in [0, 0.1) is 6.92 Å². The van der Waals surface area contributed by atoms with Crippen LogP contribution in [0.2, 0.25) is 5.02 Å². The molecule has 1 unspecified atom stereocenters. The molecule has 9 heteroatoms. The lowest BCUT2D eigenvalue weighted by atomic mass is 10.0. The van der Waals surface area contributed by atoms with E-state index in [4.69, 9.17) is 16.3 Å². The van der Waals surface area contributed by atoms with Gasteiger partial charge in [0.2, 0.25) is 0 Å². The number of ether oxygens (including phenoxy) is 1. The number of esters is 1. The van der Waals surface area contributed by atoms with E-state index in [1.54, 1.807) is 45.3 Å². The molecule has 170 valence electrons. The van der Waals surface area contributed by atoms with Crippen molar-refractivity contribution in [2.45, 2.75) is 39.8 Å². The molecule has 3 rings (SSSR count). The van der Waals surface area contributed by atoms with Gasteiger partial charge in [-0.15, -0.1) is 0 Å². The van der Waals surface area contributed by atoms with Crippen molar-refractivity contribution >= 4 is 39.2 Å². The van der Waals surface area contributed by atoms with Crippen molar-refractivity contribution in [3.05, 3.63) is 79.2 Å². The molecule has 1 atom stereocenters. The lowest BCUT2D eigenvalue weighted by Crippen LogP contribution is -2.24. The third-order valence-electron chi connectivity index (χ3n) is 5.04. The number of nitrogens with zero attached hydrogens (tertiary/aromatic N) is 3. The minimum Gasteiger partial charge on any atom is -0.461 e. The lowest BCUT2D eigenvalue weighted by molar-refractivity contribution is 0.0518. The molecule has 2 aromatic heterocycles. The summed E-state index contributed by atoms with van der Waals surface area (Å²) >= 11 is 9.64. The molecular weight excluding hydrogens is 496 g/mol. The molecule has 0 bridgehead atoms. The topological polar surface area (TPSA) is 78.2 Å². The Bertz CT molecular complexity index is 1160. The van der Waals surface area contributed by atoms with Crippen LogP contribution in [0.3, 0.4) is 0 Å². The van der Waals surface area contributed by atoms with E-state index >= 15 is 0 Å². The number of carbonyl (C=O) groups excluding carboxylic acids is 1. The molecule has 0 saturated heterocycles. The largest absolute Gasteiger partial charge is 0.461 e. The van der Waals surface area contributed by atoms with Crippen molar-refractivity contribution in [2.24, 2.45) is 7.05 Å². The van der Waals surface area contributed by atoms with Crippen LogP contribution < -0.4 is 10.9 Å². The standard InChI is InChI=1S/C23H26BrClN4O3/c1-6-32-22(31)19-20(29(13(2)3)23(24)27-19)18(15-7-9-16(25)10-8-15)26-17-11-14(4)21(30)28(5)12-17/h7-13,18,26H,6H2,1-5H3. The summed E-state index contributed by atoms with van der Waals surface area (Å²) in [5.41, 5.74) is 3.02. The average Bonchev–Trinajstić information content (AvgIpc) is 3.08. The molecule has 32 heavy (non-hydrogen) atoms. The number of pyridine rings is 1. The van der Waals surface area contributed by atoms with Gasteiger partial charge in [0.1, 0.15) is 0 Å². The van der Waals surface area contributed by atoms with Crippen molar-refractivity contribution in [2.75, 3.05) is 11.9 Å². The fraction of sp³-hybridized carbons (Fsp3) is 0.348. The van der Waals surface area contributed by atoms with E-state index in [-0.39, 0.29) is 23.9 Å². The third kappa shape index (κ3) is 4.91. The van der Waals surface area contributed by atoms with Crippen molar-refractivity contribution in [3.63, 3.8) is 0 Å².